The number of ether oxygens (including phenoxy) is 1. The molecule has 4 N–H and O–H groups in total. The molecule has 2 aromatic rings. The van der Waals surface area contributed by atoms with Gasteiger partial charge in [-0.1, -0.05) is 24.3 Å². The Morgan fingerprint density at radius 2 is 2.24 bits per heavy atom. The van der Waals surface area contributed by atoms with Crippen LogP contribution in [-0.2, 0) is 0 Å². The van der Waals surface area contributed by atoms with Gasteiger partial charge in [-0.15, -0.1) is 0 Å². The third-order valence-electron chi connectivity index (χ3n) is 4.09. The summed E-state index contributed by atoms with van der Waals surface area (Å²) in [5.74, 6) is 0.546. The fraction of sp³-hybridized carbons (Fsp3) is 0.316. The molecule has 0 aliphatic heterocycles. The van der Waals surface area contributed by atoms with Gasteiger partial charge in [-0.05, 0) is 29.8 Å². The molecule has 1 aromatic heterocycles. The molecule has 3 rings (SSSR count). The molecule has 2 atom stereocenters. The number of halogens is 1. The van der Waals surface area contributed by atoms with E-state index >= 15 is 0 Å². The number of pyridine rings is 1. The predicted octanol–water partition coefficient (Wildman–Crippen LogP) is 0.791. The van der Waals surface area contributed by atoms with E-state index < -0.39 is 12.8 Å². The van der Waals surface area contributed by atoms with Crippen LogP contribution >= 0.6 is 0 Å². The van der Waals surface area contributed by atoms with E-state index in [1.807, 2.05) is 42.5 Å². The van der Waals surface area contributed by atoms with Gasteiger partial charge in [0.05, 0.1) is 16.7 Å². The normalized spacial score (nSPS) is 17.0. The van der Waals surface area contributed by atoms with Crippen molar-refractivity contribution in [3.63, 3.8) is 0 Å². The van der Waals surface area contributed by atoms with Crippen molar-refractivity contribution in [1.29, 1.82) is 0 Å². The first kappa shape index (κ1) is 17.4. The zero-order valence-corrected chi connectivity index (χ0v) is 14.1. The third-order valence-corrected chi connectivity index (χ3v) is 4.09. The molecule has 6 heteroatoms. The first-order valence-electron chi connectivity index (χ1n) is 8.24. The molecule has 0 amide bonds. The van der Waals surface area contributed by atoms with Crippen molar-refractivity contribution >= 4 is 17.8 Å². The Morgan fingerprint density at radius 3 is 3.00 bits per heavy atom. The summed E-state index contributed by atoms with van der Waals surface area (Å²) in [7, 11) is 1.78. The van der Waals surface area contributed by atoms with Gasteiger partial charge in [-0.3, -0.25) is 0 Å². The summed E-state index contributed by atoms with van der Waals surface area (Å²) in [6.07, 6.45) is 3.70. The summed E-state index contributed by atoms with van der Waals surface area (Å²) in [6, 6.07) is 9.64. The minimum absolute atomic E-state index is 0.0389. The molecule has 2 unspecified atom stereocenters. The Bertz CT molecular complexity index is 869. The minimum atomic E-state index is -1.13. The first-order chi connectivity index (χ1) is 12.1. The van der Waals surface area contributed by atoms with E-state index in [-0.39, 0.29) is 12.6 Å². The van der Waals surface area contributed by atoms with Crippen molar-refractivity contribution in [3.8, 4) is 17.0 Å². The number of nitrogens with one attached hydrogen (secondary N) is 1. The number of nitrogens with zero attached hydrogens (tertiary/aromatic N) is 1. The summed E-state index contributed by atoms with van der Waals surface area (Å²) in [6.45, 7) is -0.942. The maximum absolute atomic E-state index is 12.4. The number of hydrogen-bond acceptors (Lipinski definition) is 5. The first-order valence-corrected chi connectivity index (χ1v) is 8.24. The van der Waals surface area contributed by atoms with Crippen molar-refractivity contribution in [3.05, 3.63) is 40.9 Å². The van der Waals surface area contributed by atoms with Crippen molar-refractivity contribution in [2.24, 2.45) is 5.73 Å². The van der Waals surface area contributed by atoms with Crippen LogP contribution in [0, 0.1) is 0 Å². The number of aliphatic hydroxyl groups excluding tert-OH is 1. The average molecular weight is 343 g/mol. The lowest BCUT2D eigenvalue weighted by Crippen LogP contribution is -2.36. The van der Waals surface area contributed by atoms with Gasteiger partial charge in [-0.25, -0.2) is 9.37 Å². The van der Waals surface area contributed by atoms with Gasteiger partial charge in [0.1, 0.15) is 25.1 Å². The SMILES string of the molecule is CNc1ccc(-c2ccc3c(n2)=CCC(N)C=3)cc1OCC(O)CF. The van der Waals surface area contributed by atoms with Gasteiger partial charge in [0.25, 0.3) is 0 Å². The van der Waals surface area contributed by atoms with E-state index in [9.17, 15) is 9.50 Å². The number of anilines is 1. The van der Waals surface area contributed by atoms with Crippen molar-refractivity contribution < 1.29 is 14.2 Å². The molecule has 5 nitrogen and oxygen atoms in total. The standard InChI is InChI=1S/C19H22FN3O2/c1-22-18-6-3-13(9-19(18)25-11-15(24)10-20)16-5-2-12-8-14(21)4-7-17(12)23-16/h2-3,5-9,14-15,22,24H,4,10-11,21H2,1H3. The van der Waals surface area contributed by atoms with Gasteiger partial charge in [-0.2, -0.15) is 0 Å². The molecular formula is C19H22FN3O2. The van der Waals surface area contributed by atoms with Crippen LogP contribution < -0.4 is 26.4 Å². The Morgan fingerprint density at radius 1 is 1.40 bits per heavy atom. The van der Waals surface area contributed by atoms with Crippen molar-refractivity contribution in [1.82, 2.24) is 4.98 Å². The monoisotopic (exact) mass is 343 g/mol. The maximum Gasteiger partial charge on any atom is 0.143 e. The molecule has 132 valence electrons. The Balaban J connectivity index is 1.94. The summed E-state index contributed by atoms with van der Waals surface area (Å²) < 4.78 is 18.0. The van der Waals surface area contributed by atoms with Gasteiger partial charge in [0.2, 0.25) is 0 Å². The number of fused-ring (bicyclic) bond motifs is 1. The third kappa shape index (κ3) is 3.97. The van der Waals surface area contributed by atoms with E-state index in [1.165, 1.54) is 0 Å². The highest BCUT2D eigenvalue weighted by atomic mass is 19.1. The van der Waals surface area contributed by atoms with E-state index in [1.54, 1.807) is 7.05 Å². The second-order valence-corrected chi connectivity index (χ2v) is 6.02. The smallest absolute Gasteiger partial charge is 0.143 e. The predicted molar refractivity (Wildman–Crippen MR) is 97.5 cm³/mol. The summed E-state index contributed by atoms with van der Waals surface area (Å²) in [5.41, 5.74) is 8.40. The van der Waals surface area contributed by atoms with Crippen LogP contribution in [-0.4, -0.2) is 42.6 Å². The summed E-state index contributed by atoms with van der Waals surface area (Å²) >= 11 is 0. The molecule has 25 heavy (non-hydrogen) atoms. The molecule has 0 spiro atoms. The Kier molecular flexibility index (Phi) is 5.31. The van der Waals surface area contributed by atoms with Crippen LogP contribution in [0.5, 0.6) is 5.75 Å². The number of hydrogen-bond donors (Lipinski definition) is 3. The molecular weight excluding hydrogens is 321 g/mol. The Hall–Kier alpha value is -2.44. The molecule has 0 fully saturated rings. The van der Waals surface area contributed by atoms with Crippen LogP contribution in [0.25, 0.3) is 23.4 Å². The van der Waals surface area contributed by atoms with Crippen LogP contribution in [0.15, 0.2) is 30.3 Å². The highest BCUT2D eigenvalue weighted by Gasteiger charge is 2.11. The molecule has 0 saturated heterocycles. The number of rotatable bonds is 6. The summed E-state index contributed by atoms with van der Waals surface area (Å²) in [4.78, 5) is 4.70. The quantitative estimate of drug-likeness (QED) is 0.723. The molecule has 1 aliphatic rings. The largest absolute Gasteiger partial charge is 0.489 e. The lowest BCUT2D eigenvalue weighted by atomic mass is 10.1. The fourth-order valence-corrected chi connectivity index (χ4v) is 2.74. The highest BCUT2D eigenvalue weighted by molar-refractivity contribution is 5.68. The molecule has 0 radical (unpaired) electrons. The second-order valence-electron chi connectivity index (χ2n) is 6.02. The Labute approximate surface area is 145 Å². The number of aromatic nitrogens is 1. The topological polar surface area (TPSA) is 80.4 Å². The molecule has 1 heterocycles. The average Bonchev–Trinajstić information content (AvgIpc) is 2.65. The summed E-state index contributed by atoms with van der Waals surface area (Å²) in [5, 5.41) is 14.4. The van der Waals surface area contributed by atoms with Gasteiger partial charge in [0.15, 0.2) is 0 Å². The van der Waals surface area contributed by atoms with Crippen LogP contribution in [0.3, 0.4) is 0 Å². The number of nitrogens with two attached hydrogens (primary N) is 1. The number of benzene rings is 1. The zero-order valence-electron chi connectivity index (χ0n) is 14.1. The second kappa shape index (κ2) is 7.63. The zero-order chi connectivity index (χ0) is 17.8. The van der Waals surface area contributed by atoms with E-state index in [0.29, 0.717) is 5.75 Å². The van der Waals surface area contributed by atoms with Crippen molar-refractivity contribution in [2.75, 3.05) is 25.6 Å². The molecule has 1 aliphatic carbocycles. The van der Waals surface area contributed by atoms with E-state index in [2.05, 4.69) is 5.32 Å². The molecule has 1 aromatic carbocycles. The van der Waals surface area contributed by atoms with Crippen molar-refractivity contribution in [2.45, 2.75) is 18.6 Å². The highest BCUT2D eigenvalue weighted by Crippen LogP contribution is 2.29. The lowest BCUT2D eigenvalue weighted by molar-refractivity contribution is 0.0845. The van der Waals surface area contributed by atoms with Crippen LogP contribution in [0.1, 0.15) is 6.42 Å². The molecule has 0 bridgehead atoms. The van der Waals surface area contributed by atoms with E-state index in [0.717, 1.165) is 33.9 Å². The fourth-order valence-electron chi connectivity index (χ4n) is 2.74. The van der Waals surface area contributed by atoms with Gasteiger partial charge in [0, 0.05) is 18.7 Å². The maximum atomic E-state index is 12.4. The number of aliphatic hydroxyl groups is 1. The van der Waals surface area contributed by atoms with Gasteiger partial charge >= 0.3 is 0 Å². The molecule has 0 saturated carbocycles. The lowest BCUT2D eigenvalue weighted by Gasteiger charge is -2.15. The minimum Gasteiger partial charge on any atom is -0.489 e. The van der Waals surface area contributed by atoms with Crippen LogP contribution in [0.4, 0.5) is 10.1 Å². The van der Waals surface area contributed by atoms with E-state index in [4.69, 9.17) is 15.5 Å². The van der Waals surface area contributed by atoms with Gasteiger partial charge < -0.3 is 20.9 Å². The number of alkyl halides is 1. The van der Waals surface area contributed by atoms with Crippen LogP contribution in [0.2, 0.25) is 0 Å².